The Morgan fingerprint density at radius 2 is 1.69 bits per heavy atom. The summed E-state index contributed by atoms with van der Waals surface area (Å²) in [6.07, 6.45) is -2.54. The summed E-state index contributed by atoms with van der Waals surface area (Å²) in [5.74, 6) is -2.85. The van der Waals surface area contributed by atoms with Gasteiger partial charge in [0, 0.05) is 5.02 Å². The van der Waals surface area contributed by atoms with Gasteiger partial charge in [-0.15, -0.1) is 0 Å². The molecule has 1 aromatic rings. The number of carbonyl (C=O) groups is 2. The van der Waals surface area contributed by atoms with Crippen LogP contribution in [0, 0.1) is 0 Å². The summed E-state index contributed by atoms with van der Waals surface area (Å²) in [7, 11) is 0. The van der Waals surface area contributed by atoms with Gasteiger partial charge < -0.3 is 15.3 Å². The lowest BCUT2D eigenvalue weighted by atomic mass is 10.3. The van der Waals surface area contributed by atoms with Gasteiger partial charge in [0.25, 0.3) is 0 Å². The van der Waals surface area contributed by atoms with Gasteiger partial charge in [0.15, 0.2) is 6.10 Å². The van der Waals surface area contributed by atoms with Crippen LogP contribution in [-0.2, 0) is 9.59 Å². The second-order valence-corrected chi connectivity index (χ2v) is 3.18. The number of aliphatic hydroxyl groups is 1. The third kappa shape index (κ3) is 7.78. The lowest BCUT2D eigenvalue weighted by Crippen LogP contribution is -2.22. The molecule has 0 saturated heterocycles. The summed E-state index contributed by atoms with van der Waals surface area (Å²) < 4.78 is 0. The van der Waals surface area contributed by atoms with Crippen LogP contribution in [0.3, 0.4) is 0 Å². The first-order valence-electron chi connectivity index (χ1n) is 4.26. The average Bonchev–Trinajstić information content (AvgIpc) is 2.18. The maximum Gasteiger partial charge on any atom is 0.333 e. The van der Waals surface area contributed by atoms with Gasteiger partial charge in [0.2, 0.25) is 0 Å². The zero-order valence-corrected chi connectivity index (χ0v) is 8.96. The highest BCUT2D eigenvalue weighted by Gasteiger charge is 2.16. The van der Waals surface area contributed by atoms with Crippen molar-refractivity contribution in [3.63, 3.8) is 0 Å². The van der Waals surface area contributed by atoms with Crippen molar-refractivity contribution in [2.75, 3.05) is 0 Å². The Morgan fingerprint density at radius 3 is 1.88 bits per heavy atom. The smallest absolute Gasteiger partial charge is 0.333 e. The Labute approximate surface area is 96.9 Å². The Hall–Kier alpha value is -1.59. The Balaban J connectivity index is 0.000000288. The second-order valence-electron chi connectivity index (χ2n) is 2.75. The first-order chi connectivity index (χ1) is 7.43. The van der Waals surface area contributed by atoms with E-state index in [9.17, 15) is 9.59 Å². The van der Waals surface area contributed by atoms with E-state index in [1.807, 2.05) is 30.3 Å². The van der Waals surface area contributed by atoms with E-state index in [2.05, 4.69) is 0 Å². The van der Waals surface area contributed by atoms with Crippen molar-refractivity contribution in [1.29, 1.82) is 0 Å². The van der Waals surface area contributed by atoms with Crippen molar-refractivity contribution in [3.05, 3.63) is 35.4 Å². The second kappa shape index (κ2) is 7.67. The van der Waals surface area contributed by atoms with Gasteiger partial charge in [-0.25, -0.2) is 4.79 Å². The zero-order chi connectivity index (χ0) is 12.6. The summed E-state index contributed by atoms with van der Waals surface area (Å²) in [4.78, 5) is 19.4. The van der Waals surface area contributed by atoms with E-state index in [1.165, 1.54) is 0 Å². The predicted octanol–water partition coefficient (Wildman–Crippen LogP) is 1.25. The van der Waals surface area contributed by atoms with Crippen LogP contribution in [0.15, 0.2) is 30.3 Å². The lowest BCUT2D eigenvalue weighted by Gasteiger charge is -1.97. The molecule has 1 rings (SSSR count). The number of rotatable bonds is 3. The van der Waals surface area contributed by atoms with Crippen molar-refractivity contribution in [3.8, 4) is 0 Å². The normalized spacial score (nSPS) is 10.9. The number of hydrogen-bond donors (Lipinski definition) is 3. The van der Waals surface area contributed by atoms with E-state index in [0.717, 1.165) is 5.02 Å². The standard InChI is InChI=1S/C6H5Cl.C4H6O5/c7-6-4-2-1-3-5-6;5-2(4(8)9)1-3(6)7/h1-5H;2,5H,1H2,(H,6,7)(H,8,9). The summed E-state index contributed by atoms with van der Waals surface area (Å²) in [6.45, 7) is 0. The van der Waals surface area contributed by atoms with Gasteiger partial charge in [0.05, 0.1) is 6.42 Å². The van der Waals surface area contributed by atoms with Crippen LogP contribution in [0.25, 0.3) is 0 Å². The molecule has 0 aromatic heterocycles. The van der Waals surface area contributed by atoms with Crippen molar-refractivity contribution >= 4 is 23.5 Å². The van der Waals surface area contributed by atoms with Gasteiger partial charge >= 0.3 is 11.9 Å². The molecule has 6 heteroatoms. The average molecular weight is 247 g/mol. The van der Waals surface area contributed by atoms with E-state index in [0.29, 0.717) is 0 Å². The van der Waals surface area contributed by atoms with Crippen LogP contribution in [0.1, 0.15) is 6.42 Å². The molecular weight excluding hydrogens is 236 g/mol. The minimum Gasteiger partial charge on any atom is -0.481 e. The first-order valence-corrected chi connectivity index (χ1v) is 4.64. The van der Waals surface area contributed by atoms with Crippen molar-refractivity contribution in [2.24, 2.45) is 0 Å². The maximum absolute atomic E-state index is 9.72. The Kier molecular flexibility index (Phi) is 6.91. The van der Waals surface area contributed by atoms with Crippen LogP contribution in [0.4, 0.5) is 0 Å². The fourth-order valence-corrected chi connectivity index (χ4v) is 0.813. The molecule has 1 aromatic carbocycles. The number of halogens is 1. The molecule has 0 aliphatic heterocycles. The number of aliphatic carboxylic acids is 2. The monoisotopic (exact) mass is 246 g/mol. The highest BCUT2D eigenvalue weighted by Crippen LogP contribution is 2.03. The molecule has 1 atom stereocenters. The maximum atomic E-state index is 9.72. The minimum absolute atomic E-state index is 0.755. The summed E-state index contributed by atoms with van der Waals surface area (Å²) in [5, 5.41) is 24.9. The quantitative estimate of drug-likeness (QED) is 0.746. The fraction of sp³-hybridized carbons (Fsp3) is 0.200. The number of benzene rings is 1. The Bertz CT molecular complexity index is 338. The molecule has 16 heavy (non-hydrogen) atoms. The number of carboxylic acids is 2. The highest BCUT2D eigenvalue weighted by molar-refractivity contribution is 6.30. The molecule has 88 valence electrons. The molecule has 0 aliphatic rings. The third-order valence-electron chi connectivity index (χ3n) is 1.39. The van der Waals surface area contributed by atoms with E-state index < -0.39 is 24.5 Å². The van der Waals surface area contributed by atoms with Gasteiger partial charge in [0.1, 0.15) is 0 Å². The molecule has 0 fully saturated rings. The zero-order valence-electron chi connectivity index (χ0n) is 8.21. The molecule has 0 spiro atoms. The largest absolute Gasteiger partial charge is 0.481 e. The highest BCUT2D eigenvalue weighted by atomic mass is 35.5. The lowest BCUT2D eigenvalue weighted by molar-refractivity contribution is -0.152. The van der Waals surface area contributed by atoms with Crippen molar-refractivity contribution in [2.45, 2.75) is 12.5 Å². The van der Waals surface area contributed by atoms with Crippen LogP contribution in [0.5, 0.6) is 0 Å². The molecule has 0 radical (unpaired) electrons. The van der Waals surface area contributed by atoms with Crippen LogP contribution < -0.4 is 0 Å². The van der Waals surface area contributed by atoms with Crippen LogP contribution in [0.2, 0.25) is 5.02 Å². The van der Waals surface area contributed by atoms with Gasteiger partial charge in [-0.1, -0.05) is 29.8 Å². The van der Waals surface area contributed by atoms with Crippen LogP contribution >= 0.6 is 11.6 Å². The van der Waals surface area contributed by atoms with Crippen LogP contribution in [-0.4, -0.2) is 33.4 Å². The van der Waals surface area contributed by atoms with E-state index in [4.69, 9.17) is 26.9 Å². The molecule has 1 unspecified atom stereocenters. The molecule has 5 nitrogen and oxygen atoms in total. The first kappa shape index (κ1) is 14.4. The Morgan fingerprint density at radius 1 is 1.19 bits per heavy atom. The number of aliphatic hydroxyl groups excluding tert-OH is 1. The topological polar surface area (TPSA) is 94.8 Å². The molecule has 0 heterocycles. The number of hydrogen-bond acceptors (Lipinski definition) is 3. The SMILES string of the molecule is Clc1ccccc1.O=C(O)CC(O)C(=O)O. The molecule has 0 bridgehead atoms. The molecule has 0 saturated carbocycles. The molecule has 0 aliphatic carbocycles. The van der Waals surface area contributed by atoms with Gasteiger partial charge in [-0.2, -0.15) is 0 Å². The van der Waals surface area contributed by atoms with Crippen molar-refractivity contribution in [1.82, 2.24) is 0 Å². The molecule has 0 amide bonds. The fourth-order valence-electron chi connectivity index (χ4n) is 0.667. The molecular formula is C10H11ClO5. The van der Waals surface area contributed by atoms with Gasteiger partial charge in [-0.3, -0.25) is 4.79 Å². The minimum atomic E-state index is -1.79. The summed E-state index contributed by atoms with van der Waals surface area (Å²) in [6, 6.07) is 9.44. The van der Waals surface area contributed by atoms with Crippen molar-refractivity contribution < 1.29 is 24.9 Å². The van der Waals surface area contributed by atoms with E-state index in [-0.39, 0.29) is 0 Å². The number of carboxylic acid groups (broad SMARTS) is 2. The third-order valence-corrected chi connectivity index (χ3v) is 1.64. The molecule has 3 N–H and O–H groups in total. The van der Waals surface area contributed by atoms with E-state index in [1.54, 1.807) is 0 Å². The summed E-state index contributed by atoms with van der Waals surface area (Å²) in [5.41, 5.74) is 0. The van der Waals surface area contributed by atoms with E-state index >= 15 is 0 Å². The van der Waals surface area contributed by atoms with Gasteiger partial charge in [-0.05, 0) is 12.1 Å². The summed E-state index contributed by atoms with van der Waals surface area (Å²) >= 11 is 5.54. The predicted molar refractivity (Wildman–Crippen MR) is 57.3 cm³/mol.